The van der Waals surface area contributed by atoms with Crippen LogP contribution in [-0.4, -0.2) is 9.78 Å². The molecule has 3 N–H and O–H groups in total. The van der Waals surface area contributed by atoms with Crippen molar-refractivity contribution in [1.82, 2.24) is 15.2 Å². The standard InChI is InChI=1S/C16H23FN4/c1-4-13-9-14(21(5-2)20-13)10-16(19-18)15-7-6-12(17)8-11(15)3/h6-9,16,19H,4-5,10,18H2,1-3H3. The summed E-state index contributed by atoms with van der Waals surface area (Å²) < 4.78 is 15.2. The first kappa shape index (κ1) is 15.7. The fraction of sp³-hybridized carbons (Fsp3) is 0.438. The normalized spacial score (nSPS) is 12.6. The Balaban J connectivity index is 2.28. The molecule has 4 nitrogen and oxygen atoms in total. The van der Waals surface area contributed by atoms with Crippen LogP contribution in [0.25, 0.3) is 0 Å². The Morgan fingerprint density at radius 3 is 2.67 bits per heavy atom. The number of nitrogens with two attached hydrogens (primary N) is 1. The largest absolute Gasteiger partial charge is 0.271 e. The molecule has 2 aromatic rings. The molecular weight excluding hydrogens is 267 g/mol. The first-order valence-corrected chi connectivity index (χ1v) is 7.36. The van der Waals surface area contributed by atoms with Crippen molar-refractivity contribution in [3.8, 4) is 0 Å². The smallest absolute Gasteiger partial charge is 0.123 e. The van der Waals surface area contributed by atoms with E-state index in [-0.39, 0.29) is 11.9 Å². The van der Waals surface area contributed by atoms with Gasteiger partial charge in [0.15, 0.2) is 0 Å². The second-order valence-corrected chi connectivity index (χ2v) is 5.22. The number of nitrogens with zero attached hydrogens (tertiary/aromatic N) is 2. The van der Waals surface area contributed by atoms with Crippen LogP contribution in [0.1, 0.15) is 42.4 Å². The monoisotopic (exact) mass is 290 g/mol. The molecule has 5 heteroatoms. The highest BCUT2D eigenvalue weighted by Gasteiger charge is 2.16. The second kappa shape index (κ2) is 6.83. The Labute approximate surface area is 125 Å². The van der Waals surface area contributed by atoms with Crippen LogP contribution in [0.5, 0.6) is 0 Å². The van der Waals surface area contributed by atoms with Crippen LogP contribution >= 0.6 is 0 Å². The summed E-state index contributed by atoms with van der Waals surface area (Å²) >= 11 is 0. The van der Waals surface area contributed by atoms with Gasteiger partial charge in [0.05, 0.1) is 11.7 Å². The van der Waals surface area contributed by atoms with Crippen molar-refractivity contribution in [3.63, 3.8) is 0 Å². The Morgan fingerprint density at radius 1 is 1.33 bits per heavy atom. The van der Waals surface area contributed by atoms with Gasteiger partial charge in [-0.2, -0.15) is 5.10 Å². The molecule has 0 fully saturated rings. The maximum atomic E-state index is 13.2. The summed E-state index contributed by atoms with van der Waals surface area (Å²) in [7, 11) is 0. The molecule has 0 bridgehead atoms. The van der Waals surface area contributed by atoms with Gasteiger partial charge in [-0.25, -0.2) is 4.39 Å². The second-order valence-electron chi connectivity index (χ2n) is 5.22. The number of hydrogen-bond acceptors (Lipinski definition) is 3. The molecule has 21 heavy (non-hydrogen) atoms. The zero-order valence-corrected chi connectivity index (χ0v) is 12.9. The van der Waals surface area contributed by atoms with Crippen LogP contribution < -0.4 is 11.3 Å². The summed E-state index contributed by atoms with van der Waals surface area (Å²) in [6, 6.07) is 6.86. The highest BCUT2D eigenvalue weighted by molar-refractivity contribution is 5.30. The van der Waals surface area contributed by atoms with E-state index in [0.29, 0.717) is 0 Å². The maximum Gasteiger partial charge on any atom is 0.123 e. The van der Waals surface area contributed by atoms with Crippen LogP contribution in [0.4, 0.5) is 4.39 Å². The van der Waals surface area contributed by atoms with E-state index in [4.69, 9.17) is 5.84 Å². The van der Waals surface area contributed by atoms with Crippen molar-refractivity contribution in [2.45, 2.75) is 46.2 Å². The van der Waals surface area contributed by atoms with E-state index in [0.717, 1.165) is 41.9 Å². The van der Waals surface area contributed by atoms with Gasteiger partial charge in [-0.3, -0.25) is 16.0 Å². The zero-order valence-electron chi connectivity index (χ0n) is 12.9. The Kier molecular flexibility index (Phi) is 5.09. The van der Waals surface area contributed by atoms with Crippen molar-refractivity contribution >= 4 is 0 Å². The van der Waals surface area contributed by atoms with Crippen molar-refractivity contribution < 1.29 is 4.39 Å². The summed E-state index contributed by atoms with van der Waals surface area (Å²) in [5.74, 6) is 5.49. The molecule has 114 valence electrons. The van der Waals surface area contributed by atoms with E-state index in [1.165, 1.54) is 12.1 Å². The van der Waals surface area contributed by atoms with Gasteiger partial charge in [-0.15, -0.1) is 0 Å². The molecule has 0 saturated heterocycles. The number of rotatable bonds is 6. The summed E-state index contributed by atoms with van der Waals surface area (Å²) in [5, 5.41) is 4.55. The summed E-state index contributed by atoms with van der Waals surface area (Å²) in [6.07, 6.45) is 1.64. The van der Waals surface area contributed by atoms with Gasteiger partial charge in [0.2, 0.25) is 0 Å². The molecule has 0 radical (unpaired) electrons. The Morgan fingerprint density at radius 2 is 2.10 bits per heavy atom. The minimum Gasteiger partial charge on any atom is -0.271 e. The minimum atomic E-state index is -0.223. The van der Waals surface area contributed by atoms with Gasteiger partial charge < -0.3 is 0 Å². The van der Waals surface area contributed by atoms with Crippen LogP contribution in [-0.2, 0) is 19.4 Å². The molecule has 0 saturated carbocycles. The number of hydrogen-bond donors (Lipinski definition) is 2. The van der Waals surface area contributed by atoms with E-state index < -0.39 is 0 Å². The third-order valence-electron chi connectivity index (χ3n) is 3.80. The summed E-state index contributed by atoms with van der Waals surface area (Å²) in [4.78, 5) is 0. The predicted octanol–water partition coefficient (Wildman–Crippen LogP) is 2.66. The molecule has 0 spiro atoms. The van der Waals surface area contributed by atoms with E-state index in [9.17, 15) is 4.39 Å². The molecule has 0 aliphatic carbocycles. The van der Waals surface area contributed by atoms with Gasteiger partial charge in [-0.1, -0.05) is 13.0 Å². The minimum absolute atomic E-state index is 0.0580. The van der Waals surface area contributed by atoms with Crippen molar-refractivity contribution in [1.29, 1.82) is 0 Å². The first-order valence-electron chi connectivity index (χ1n) is 7.36. The van der Waals surface area contributed by atoms with Gasteiger partial charge in [0.25, 0.3) is 0 Å². The molecule has 1 aromatic carbocycles. The van der Waals surface area contributed by atoms with Crippen LogP contribution in [0.3, 0.4) is 0 Å². The molecule has 0 aliphatic heterocycles. The van der Waals surface area contributed by atoms with Crippen molar-refractivity contribution in [2.75, 3.05) is 0 Å². The molecule has 0 aliphatic rings. The average Bonchev–Trinajstić information content (AvgIpc) is 2.87. The quantitative estimate of drug-likeness (QED) is 0.635. The molecule has 1 aromatic heterocycles. The third-order valence-corrected chi connectivity index (χ3v) is 3.80. The Bertz CT molecular complexity index is 606. The lowest BCUT2D eigenvalue weighted by Gasteiger charge is -2.19. The topological polar surface area (TPSA) is 55.9 Å². The number of halogens is 1. The maximum absolute atomic E-state index is 13.2. The zero-order chi connectivity index (χ0) is 15.4. The third kappa shape index (κ3) is 3.49. The fourth-order valence-corrected chi connectivity index (χ4v) is 2.62. The van der Waals surface area contributed by atoms with E-state index >= 15 is 0 Å². The van der Waals surface area contributed by atoms with Gasteiger partial charge in [0, 0.05) is 18.7 Å². The molecule has 2 rings (SSSR count). The lowest BCUT2D eigenvalue weighted by Crippen LogP contribution is -2.30. The lowest BCUT2D eigenvalue weighted by molar-refractivity contribution is 0.513. The fourth-order valence-electron chi connectivity index (χ4n) is 2.62. The SMILES string of the molecule is CCc1cc(CC(NN)c2ccc(F)cc2C)n(CC)n1. The highest BCUT2D eigenvalue weighted by atomic mass is 19.1. The van der Waals surface area contributed by atoms with Gasteiger partial charge in [0.1, 0.15) is 5.82 Å². The number of hydrazine groups is 1. The molecule has 1 unspecified atom stereocenters. The first-order chi connectivity index (χ1) is 10.1. The number of aromatic nitrogens is 2. The Hall–Kier alpha value is -1.72. The van der Waals surface area contributed by atoms with E-state index in [1.54, 1.807) is 6.07 Å². The van der Waals surface area contributed by atoms with Gasteiger partial charge >= 0.3 is 0 Å². The molecule has 0 amide bonds. The molecule has 1 heterocycles. The molecular formula is C16H23FN4. The van der Waals surface area contributed by atoms with Crippen molar-refractivity contribution in [3.05, 3.63) is 52.6 Å². The summed E-state index contributed by atoms with van der Waals surface area (Å²) in [5.41, 5.74) is 6.98. The average molecular weight is 290 g/mol. The van der Waals surface area contributed by atoms with Crippen LogP contribution in [0, 0.1) is 12.7 Å². The highest BCUT2D eigenvalue weighted by Crippen LogP contribution is 2.22. The number of nitrogens with one attached hydrogen (secondary N) is 1. The predicted molar refractivity (Wildman–Crippen MR) is 82.2 cm³/mol. The number of benzene rings is 1. The van der Waals surface area contributed by atoms with Crippen LogP contribution in [0.15, 0.2) is 24.3 Å². The van der Waals surface area contributed by atoms with Gasteiger partial charge in [-0.05, 0) is 49.6 Å². The molecule has 1 atom stereocenters. The van der Waals surface area contributed by atoms with E-state index in [2.05, 4.69) is 30.4 Å². The number of aryl methyl sites for hydroxylation is 3. The summed E-state index contributed by atoms with van der Waals surface area (Å²) in [6.45, 7) is 6.89. The van der Waals surface area contributed by atoms with Crippen molar-refractivity contribution in [2.24, 2.45) is 5.84 Å². The van der Waals surface area contributed by atoms with E-state index in [1.807, 2.05) is 11.6 Å². The van der Waals surface area contributed by atoms with Crippen LogP contribution in [0.2, 0.25) is 0 Å². The lowest BCUT2D eigenvalue weighted by atomic mass is 9.97.